The third-order valence-corrected chi connectivity index (χ3v) is 2.35. The maximum atomic E-state index is 13.1. The van der Waals surface area contributed by atoms with Crippen molar-refractivity contribution in [3.8, 4) is 0 Å². The van der Waals surface area contributed by atoms with Crippen molar-refractivity contribution in [2.75, 3.05) is 10.7 Å². The first-order chi connectivity index (χ1) is 9.08. The molecule has 0 aliphatic rings. The number of rotatable bonds is 3. The second-order valence-electron chi connectivity index (χ2n) is 3.55. The summed E-state index contributed by atoms with van der Waals surface area (Å²) in [5.41, 5.74) is 2.53. The van der Waals surface area contributed by atoms with Gasteiger partial charge in [-0.15, -0.1) is 0 Å². The minimum atomic E-state index is -0.550. The van der Waals surface area contributed by atoms with E-state index in [0.717, 1.165) is 12.1 Å². The normalized spacial score (nSPS) is 10.1. The molecule has 19 heavy (non-hydrogen) atoms. The summed E-state index contributed by atoms with van der Waals surface area (Å²) < 4.78 is 13.1. The van der Waals surface area contributed by atoms with Crippen LogP contribution >= 0.6 is 11.6 Å². The molecular formula is C11H9ClFN5O. The molecule has 1 aromatic heterocycles. The molecule has 0 saturated carbocycles. The van der Waals surface area contributed by atoms with Gasteiger partial charge in [0.05, 0.1) is 12.4 Å². The number of carbonyl (C=O) groups excluding carboxylic acids is 1. The Hall–Kier alpha value is -2.25. The SMILES string of the molecule is NNc1cncc(C(=O)Nc2cc(F)cc(Cl)c2)n1. The monoisotopic (exact) mass is 281 g/mol. The average molecular weight is 282 g/mol. The Morgan fingerprint density at radius 3 is 2.79 bits per heavy atom. The van der Waals surface area contributed by atoms with Crippen molar-refractivity contribution >= 4 is 29.0 Å². The molecule has 98 valence electrons. The minimum absolute atomic E-state index is 0.0378. The number of nitrogens with one attached hydrogen (secondary N) is 2. The van der Waals surface area contributed by atoms with Gasteiger partial charge in [-0.05, 0) is 18.2 Å². The highest BCUT2D eigenvalue weighted by molar-refractivity contribution is 6.31. The fourth-order valence-electron chi connectivity index (χ4n) is 1.37. The zero-order valence-corrected chi connectivity index (χ0v) is 10.3. The van der Waals surface area contributed by atoms with Crippen molar-refractivity contribution in [3.63, 3.8) is 0 Å². The maximum Gasteiger partial charge on any atom is 0.275 e. The predicted octanol–water partition coefficient (Wildman–Crippen LogP) is 1.81. The maximum absolute atomic E-state index is 13.1. The number of anilines is 2. The topological polar surface area (TPSA) is 92.9 Å². The number of benzene rings is 1. The summed E-state index contributed by atoms with van der Waals surface area (Å²) >= 11 is 5.68. The minimum Gasteiger partial charge on any atom is -0.320 e. The van der Waals surface area contributed by atoms with Gasteiger partial charge in [-0.3, -0.25) is 9.78 Å². The Labute approximate surface area is 112 Å². The van der Waals surface area contributed by atoms with Gasteiger partial charge in [-0.25, -0.2) is 15.2 Å². The van der Waals surface area contributed by atoms with Crippen LogP contribution in [0.4, 0.5) is 15.9 Å². The molecule has 0 aliphatic carbocycles. The van der Waals surface area contributed by atoms with Crippen molar-refractivity contribution in [2.24, 2.45) is 5.84 Å². The van der Waals surface area contributed by atoms with E-state index in [2.05, 4.69) is 20.7 Å². The van der Waals surface area contributed by atoms with Crippen LogP contribution in [0.1, 0.15) is 10.5 Å². The van der Waals surface area contributed by atoms with Gasteiger partial charge in [0.15, 0.2) is 5.82 Å². The average Bonchev–Trinajstić information content (AvgIpc) is 2.37. The highest BCUT2D eigenvalue weighted by atomic mass is 35.5. The van der Waals surface area contributed by atoms with Crippen LogP contribution in [0.15, 0.2) is 30.6 Å². The number of nitrogens with zero attached hydrogens (tertiary/aromatic N) is 2. The molecule has 6 nitrogen and oxygen atoms in total. The van der Waals surface area contributed by atoms with E-state index in [0.29, 0.717) is 0 Å². The van der Waals surface area contributed by atoms with Crippen molar-refractivity contribution in [2.45, 2.75) is 0 Å². The quantitative estimate of drug-likeness (QED) is 0.589. The zero-order chi connectivity index (χ0) is 13.8. The van der Waals surface area contributed by atoms with Crippen molar-refractivity contribution in [3.05, 3.63) is 47.1 Å². The lowest BCUT2D eigenvalue weighted by Crippen LogP contribution is -2.16. The molecule has 0 radical (unpaired) electrons. The van der Waals surface area contributed by atoms with E-state index in [4.69, 9.17) is 17.4 Å². The predicted molar refractivity (Wildman–Crippen MR) is 69.2 cm³/mol. The molecule has 0 spiro atoms. The molecule has 2 aromatic rings. The summed E-state index contributed by atoms with van der Waals surface area (Å²) in [6.07, 6.45) is 2.62. The first-order valence-electron chi connectivity index (χ1n) is 5.14. The molecular weight excluding hydrogens is 273 g/mol. The number of hydrazine groups is 1. The van der Waals surface area contributed by atoms with E-state index in [1.54, 1.807) is 0 Å². The van der Waals surface area contributed by atoms with Crippen LogP contribution in [0.2, 0.25) is 5.02 Å². The first kappa shape index (κ1) is 13.2. The smallest absolute Gasteiger partial charge is 0.275 e. The molecule has 1 aromatic carbocycles. The van der Waals surface area contributed by atoms with Gasteiger partial charge in [0.1, 0.15) is 11.5 Å². The van der Waals surface area contributed by atoms with Crippen LogP contribution in [0.3, 0.4) is 0 Å². The van der Waals surface area contributed by atoms with E-state index in [1.165, 1.54) is 18.5 Å². The number of nitrogens with two attached hydrogens (primary N) is 1. The number of halogens is 2. The van der Waals surface area contributed by atoms with Gasteiger partial charge >= 0.3 is 0 Å². The third kappa shape index (κ3) is 3.36. The number of aromatic nitrogens is 2. The van der Waals surface area contributed by atoms with Gasteiger partial charge in [0.25, 0.3) is 5.91 Å². The Bertz CT molecular complexity index is 602. The second kappa shape index (κ2) is 5.59. The van der Waals surface area contributed by atoms with Crippen LogP contribution in [-0.4, -0.2) is 15.9 Å². The number of hydrogen-bond acceptors (Lipinski definition) is 5. The van der Waals surface area contributed by atoms with Gasteiger partial charge < -0.3 is 10.7 Å². The fraction of sp³-hybridized carbons (Fsp3) is 0. The van der Waals surface area contributed by atoms with Crippen molar-refractivity contribution in [1.29, 1.82) is 0 Å². The van der Waals surface area contributed by atoms with Crippen LogP contribution in [0, 0.1) is 5.82 Å². The fourth-order valence-corrected chi connectivity index (χ4v) is 1.59. The lowest BCUT2D eigenvalue weighted by atomic mass is 10.3. The Balaban J connectivity index is 2.20. The van der Waals surface area contributed by atoms with E-state index in [9.17, 15) is 9.18 Å². The summed E-state index contributed by atoms with van der Waals surface area (Å²) in [4.78, 5) is 19.5. The molecule has 0 unspecified atom stereocenters. The largest absolute Gasteiger partial charge is 0.320 e. The number of carbonyl (C=O) groups is 1. The Morgan fingerprint density at radius 1 is 1.32 bits per heavy atom. The highest BCUT2D eigenvalue weighted by Gasteiger charge is 2.10. The van der Waals surface area contributed by atoms with E-state index in [-0.39, 0.29) is 22.2 Å². The van der Waals surface area contributed by atoms with Gasteiger partial charge in [-0.2, -0.15) is 0 Å². The van der Waals surface area contributed by atoms with Gasteiger partial charge in [-0.1, -0.05) is 11.6 Å². The van der Waals surface area contributed by atoms with Crippen LogP contribution < -0.4 is 16.6 Å². The number of amides is 1. The van der Waals surface area contributed by atoms with Crippen molar-refractivity contribution < 1.29 is 9.18 Å². The first-order valence-corrected chi connectivity index (χ1v) is 5.52. The van der Waals surface area contributed by atoms with E-state index >= 15 is 0 Å². The summed E-state index contributed by atoms with van der Waals surface area (Å²) in [6.45, 7) is 0. The molecule has 0 aliphatic heterocycles. The Kier molecular flexibility index (Phi) is 3.88. The molecule has 0 fully saturated rings. The third-order valence-electron chi connectivity index (χ3n) is 2.14. The summed E-state index contributed by atoms with van der Waals surface area (Å²) in [5.74, 6) is 4.30. The molecule has 2 rings (SSSR count). The number of hydrogen-bond donors (Lipinski definition) is 3. The molecule has 4 N–H and O–H groups in total. The zero-order valence-electron chi connectivity index (χ0n) is 9.52. The Morgan fingerprint density at radius 2 is 2.11 bits per heavy atom. The van der Waals surface area contributed by atoms with Gasteiger partial charge in [0.2, 0.25) is 0 Å². The molecule has 1 heterocycles. The highest BCUT2D eigenvalue weighted by Crippen LogP contribution is 2.18. The summed E-state index contributed by atoms with van der Waals surface area (Å²) in [6, 6.07) is 3.69. The molecule has 0 saturated heterocycles. The molecule has 1 amide bonds. The lowest BCUT2D eigenvalue weighted by Gasteiger charge is -2.06. The van der Waals surface area contributed by atoms with E-state index < -0.39 is 11.7 Å². The second-order valence-corrected chi connectivity index (χ2v) is 3.98. The number of nitrogen functional groups attached to an aromatic ring is 1. The molecule has 0 bridgehead atoms. The van der Waals surface area contributed by atoms with Crippen molar-refractivity contribution in [1.82, 2.24) is 9.97 Å². The summed E-state index contributed by atoms with van der Waals surface area (Å²) in [5, 5.41) is 2.64. The van der Waals surface area contributed by atoms with Crippen LogP contribution in [-0.2, 0) is 0 Å². The lowest BCUT2D eigenvalue weighted by molar-refractivity contribution is 0.102. The molecule has 0 atom stereocenters. The van der Waals surface area contributed by atoms with Crippen LogP contribution in [0.5, 0.6) is 0 Å². The van der Waals surface area contributed by atoms with Crippen LogP contribution in [0.25, 0.3) is 0 Å². The summed E-state index contributed by atoms with van der Waals surface area (Å²) in [7, 11) is 0. The standard InChI is InChI=1S/C11H9ClFN5O/c12-6-1-7(13)3-8(2-6)16-11(19)9-4-15-5-10(17-9)18-14/h1-5H,14H2,(H,16,19)(H,17,18). The van der Waals surface area contributed by atoms with E-state index in [1.807, 2.05) is 0 Å². The molecule has 8 heteroatoms. The van der Waals surface area contributed by atoms with Gasteiger partial charge in [0, 0.05) is 10.7 Å².